The fourth-order valence-corrected chi connectivity index (χ4v) is 3.85. The van der Waals surface area contributed by atoms with E-state index in [0.29, 0.717) is 25.5 Å². The van der Waals surface area contributed by atoms with E-state index in [4.69, 9.17) is 14.0 Å². The number of halogens is 1. The smallest absolute Gasteiger partial charge is 0.273 e. The van der Waals surface area contributed by atoms with Gasteiger partial charge in [-0.05, 0) is 29.8 Å². The molecule has 1 aliphatic heterocycles. The third-order valence-corrected chi connectivity index (χ3v) is 5.84. The molecule has 3 aromatic rings. The SMILES string of the molecule is COc1ccc([C@H](CNC(=O)c2cc(-c3ccc(Br)cc3)on2)N2CCOCC2)cc1. The average Bonchev–Trinajstić information content (AvgIpc) is 3.31. The molecule has 0 unspecified atom stereocenters. The van der Waals surface area contributed by atoms with Gasteiger partial charge >= 0.3 is 0 Å². The standard InChI is InChI=1S/C23H24BrN3O4/c1-29-19-8-4-16(5-9-19)21(27-10-12-30-13-11-27)15-25-23(28)20-14-22(31-26-20)17-2-6-18(24)7-3-17/h2-9,14,21H,10-13,15H2,1H3,(H,25,28)/t21-/m0/s1. The fraction of sp³-hybridized carbons (Fsp3) is 0.304. The molecule has 0 radical (unpaired) electrons. The first kappa shape index (κ1) is 21.5. The lowest BCUT2D eigenvalue weighted by Crippen LogP contribution is -2.43. The molecule has 1 saturated heterocycles. The summed E-state index contributed by atoms with van der Waals surface area (Å²) in [5.41, 5.74) is 2.23. The molecule has 0 bridgehead atoms. The number of carbonyl (C=O) groups is 1. The number of rotatable bonds is 7. The van der Waals surface area contributed by atoms with Crippen LogP contribution in [0.3, 0.4) is 0 Å². The number of morpholine rings is 1. The quantitative estimate of drug-likeness (QED) is 0.546. The van der Waals surface area contributed by atoms with E-state index >= 15 is 0 Å². The van der Waals surface area contributed by atoms with Crippen LogP contribution in [0.2, 0.25) is 0 Å². The van der Waals surface area contributed by atoms with Crippen LogP contribution >= 0.6 is 15.9 Å². The van der Waals surface area contributed by atoms with E-state index in [1.807, 2.05) is 48.5 Å². The van der Waals surface area contributed by atoms with E-state index in [1.54, 1.807) is 13.2 Å². The summed E-state index contributed by atoms with van der Waals surface area (Å²) in [5, 5.41) is 6.97. The zero-order chi connectivity index (χ0) is 21.6. The zero-order valence-corrected chi connectivity index (χ0v) is 18.8. The summed E-state index contributed by atoms with van der Waals surface area (Å²) in [7, 11) is 1.65. The van der Waals surface area contributed by atoms with Crippen LogP contribution in [-0.4, -0.2) is 55.9 Å². The maximum absolute atomic E-state index is 12.8. The number of aromatic nitrogens is 1. The van der Waals surface area contributed by atoms with Crippen molar-refractivity contribution in [2.24, 2.45) is 0 Å². The number of ether oxygens (including phenoxy) is 2. The Morgan fingerprint density at radius 2 is 1.87 bits per heavy atom. The highest BCUT2D eigenvalue weighted by Crippen LogP contribution is 2.25. The van der Waals surface area contributed by atoms with E-state index in [9.17, 15) is 4.79 Å². The number of nitrogens with one attached hydrogen (secondary N) is 1. The summed E-state index contributed by atoms with van der Waals surface area (Å²) < 4.78 is 17.1. The van der Waals surface area contributed by atoms with E-state index < -0.39 is 0 Å². The van der Waals surface area contributed by atoms with Crippen LogP contribution in [0, 0.1) is 0 Å². The molecule has 7 nitrogen and oxygen atoms in total. The predicted molar refractivity (Wildman–Crippen MR) is 120 cm³/mol. The van der Waals surface area contributed by atoms with Crippen molar-refractivity contribution in [1.82, 2.24) is 15.4 Å². The Labute approximate surface area is 189 Å². The minimum atomic E-state index is -0.265. The molecular formula is C23H24BrN3O4. The summed E-state index contributed by atoms with van der Waals surface area (Å²) in [4.78, 5) is 15.1. The number of methoxy groups -OCH3 is 1. The van der Waals surface area contributed by atoms with Gasteiger partial charge in [0.15, 0.2) is 11.5 Å². The topological polar surface area (TPSA) is 76.8 Å². The number of hydrogen-bond acceptors (Lipinski definition) is 6. The van der Waals surface area contributed by atoms with Crippen LogP contribution < -0.4 is 10.1 Å². The number of benzene rings is 2. The van der Waals surface area contributed by atoms with Crippen molar-refractivity contribution in [3.8, 4) is 17.1 Å². The fourth-order valence-electron chi connectivity index (χ4n) is 3.59. The molecule has 1 fully saturated rings. The van der Waals surface area contributed by atoms with Gasteiger partial charge in [-0.15, -0.1) is 0 Å². The molecule has 31 heavy (non-hydrogen) atoms. The molecule has 1 amide bonds. The van der Waals surface area contributed by atoms with Crippen molar-refractivity contribution >= 4 is 21.8 Å². The third kappa shape index (κ3) is 5.33. The van der Waals surface area contributed by atoms with E-state index in [2.05, 4.69) is 31.3 Å². The van der Waals surface area contributed by atoms with Gasteiger partial charge in [0.05, 0.1) is 26.4 Å². The summed E-state index contributed by atoms with van der Waals surface area (Å²) in [6.07, 6.45) is 0. The minimum Gasteiger partial charge on any atom is -0.497 e. The molecule has 2 aromatic carbocycles. The highest BCUT2D eigenvalue weighted by Gasteiger charge is 2.24. The van der Waals surface area contributed by atoms with Crippen molar-refractivity contribution in [3.63, 3.8) is 0 Å². The Balaban J connectivity index is 1.46. The molecule has 1 aliphatic rings. The van der Waals surface area contributed by atoms with Crippen molar-refractivity contribution in [2.75, 3.05) is 40.0 Å². The van der Waals surface area contributed by atoms with E-state index in [0.717, 1.165) is 34.4 Å². The number of nitrogens with zero attached hydrogens (tertiary/aromatic N) is 2. The Hall–Kier alpha value is -2.68. The summed E-state index contributed by atoms with van der Waals surface area (Å²) >= 11 is 3.41. The molecule has 2 heterocycles. The highest BCUT2D eigenvalue weighted by molar-refractivity contribution is 9.10. The van der Waals surface area contributed by atoms with Crippen LogP contribution in [0.5, 0.6) is 5.75 Å². The third-order valence-electron chi connectivity index (χ3n) is 5.31. The van der Waals surface area contributed by atoms with E-state index in [1.165, 1.54) is 0 Å². The highest BCUT2D eigenvalue weighted by atomic mass is 79.9. The Morgan fingerprint density at radius 1 is 1.16 bits per heavy atom. The van der Waals surface area contributed by atoms with Crippen molar-refractivity contribution in [3.05, 3.63) is 70.3 Å². The molecule has 4 rings (SSSR count). The van der Waals surface area contributed by atoms with Crippen LogP contribution in [0.4, 0.5) is 0 Å². The van der Waals surface area contributed by atoms with Gasteiger partial charge in [-0.2, -0.15) is 0 Å². The van der Waals surface area contributed by atoms with Gasteiger partial charge < -0.3 is 19.3 Å². The molecule has 8 heteroatoms. The average molecular weight is 486 g/mol. The van der Waals surface area contributed by atoms with Crippen LogP contribution in [-0.2, 0) is 4.74 Å². The second-order valence-electron chi connectivity index (χ2n) is 7.23. The monoisotopic (exact) mass is 485 g/mol. The van der Waals surface area contributed by atoms with Gasteiger partial charge in [-0.1, -0.05) is 45.4 Å². The van der Waals surface area contributed by atoms with Crippen LogP contribution in [0.15, 0.2) is 63.6 Å². The maximum Gasteiger partial charge on any atom is 0.273 e. The van der Waals surface area contributed by atoms with Gasteiger partial charge in [0.2, 0.25) is 0 Å². The molecule has 162 valence electrons. The van der Waals surface area contributed by atoms with Crippen molar-refractivity contribution in [2.45, 2.75) is 6.04 Å². The molecule has 1 N–H and O–H groups in total. The molecular weight excluding hydrogens is 462 g/mol. The molecule has 1 atom stereocenters. The molecule has 0 aliphatic carbocycles. The largest absolute Gasteiger partial charge is 0.497 e. The van der Waals surface area contributed by atoms with Crippen molar-refractivity contribution in [1.29, 1.82) is 0 Å². The number of hydrogen-bond donors (Lipinski definition) is 1. The minimum absolute atomic E-state index is 0.0246. The Kier molecular flexibility index (Phi) is 7.01. The normalized spacial score (nSPS) is 15.4. The number of amides is 1. The van der Waals surface area contributed by atoms with Crippen molar-refractivity contribution < 1.29 is 18.8 Å². The predicted octanol–water partition coefficient (Wildman–Crippen LogP) is 3.92. The van der Waals surface area contributed by atoms with E-state index in [-0.39, 0.29) is 17.6 Å². The Bertz CT molecular complexity index is 998. The Morgan fingerprint density at radius 3 is 2.55 bits per heavy atom. The number of carbonyl (C=O) groups excluding carboxylic acids is 1. The molecule has 1 aromatic heterocycles. The van der Waals surface area contributed by atoms with Gasteiger partial charge in [0.1, 0.15) is 5.75 Å². The lowest BCUT2D eigenvalue weighted by atomic mass is 10.0. The molecule has 0 spiro atoms. The maximum atomic E-state index is 12.8. The van der Waals surface area contributed by atoms with Gasteiger partial charge in [0.25, 0.3) is 5.91 Å². The summed E-state index contributed by atoms with van der Waals surface area (Å²) in [5.74, 6) is 1.09. The lowest BCUT2D eigenvalue weighted by molar-refractivity contribution is 0.0162. The second kappa shape index (κ2) is 10.1. The summed E-state index contributed by atoms with van der Waals surface area (Å²) in [6.45, 7) is 3.43. The second-order valence-corrected chi connectivity index (χ2v) is 8.15. The molecule has 0 saturated carbocycles. The van der Waals surface area contributed by atoms with Gasteiger partial charge in [0, 0.05) is 35.7 Å². The summed E-state index contributed by atoms with van der Waals surface area (Å²) in [6, 6.07) is 17.3. The van der Waals surface area contributed by atoms with Crippen LogP contribution in [0.1, 0.15) is 22.1 Å². The first-order valence-electron chi connectivity index (χ1n) is 10.1. The lowest BCUT2D eigenvalue weighted by Gasteiger charge is -2.34. The zero-order valence-electron chi connectivity index (χ0n) is 17.2. The van der Waals surface area contributed by atoms with Gasteiger partial charge in [-0.3, -0.25) is 9.69 Å². The van der Waals surface area contributed by atoms with Gasteiger partial charge in [-0.25, -0.2) is 0 Å². The first-order valence-corrected chi connectivity index (χ1v) is 10.9. The van der Waals surface area contributed by atoms with Crippen LogP contribution in [0.25, 0.3) is 11.3 Å². The first-order chi connectivity index (χ1) is 15.1.